The lowest BCUT2D eigenvalue weighted by Gasteiger charge is -2.39. The van der Waals surface area contributed by atoms with Gasteiger partial charge in [-0.05, 0) is 37.1 Å². The monoisotopic (exact) mass is 358 g/mol. The number of carbonyl (C=O) groups is 1. The third-order valence-electron chi connectivity index (χ3n) is 5.30. The van der Waals surface area contributed by atoms with Crippen LogP contribution in [0.15, 0.2) is 36.7 Å². The number of nitrogens with zero attached hydrogens (tertiary/aromatic N) is 3. The lowest BCUT2D eigenvalue weighted by atomic mass is 9.88. The van der Waals surface area contributed by atoms with Gasteiger partial charge < -0.3 is 19.5 Å². The van der Waals surface area contributed by atoms with Crippen molar-refractivity contribution in [3.8, 4) is 0 Å². The molecule has 4 rings (SSSR count). The van der Waals surface area contributed by atoms with E-state index in [1.54, 1.807) is 12.3 Å². The number of halogens is 1. The maximum absolute atomic E-state index is 13.8. The number of nitrogens with one attached hydrogen (secondary N) is 1. The van der Waals surface area contributed by atoms with Crippen molar-refractivity contribution in [1.29, 1.82) is 0 Å². The number of amides is 1. The van der Waals surface area contributed by atoms with Gasteiger partial charge in [-0.1, -0.05) is 0 Å². The maximum atomic E-state index is 13.8. The van der Waals surface area contributed by atoms with Gasteiger partial charge in [-0.2, -0.15) is 0 Å². The molecule has 1 N–H and O–H groups in total. The van der Waals surface area contributed by atoms with Crippen LogP contribution in [0.1, 0.15) is 29.8 Å². The first-order valence-electron chi connectivity index (χ1n) is 8.98. The van der Waals surface area contributed by atoms with Crippen molar-refractivity contribution in [3.05, 3.63) is 48.2 Å². The van der Waals surface area contributed by atoms with Crippen molar-refractivity contribution in [2.45, 2.75) is 30.9 Å². The first-order chi connectivity index (χ1) is 12.6. The quantitative estimate of drug-likeness (QED) is 0.916. The Bertz CT molecular complexity index is 808. The molecule has 0 aromatic carbocycles. The van der Waals surface area contributed by atoms with Crippen molar-refractivity contribution in [3.63, 3.8) is 0 Å². The van der Waals surface area contributed by atoms with Gasteiger partial charge in [0.25, 0.3) is 5.91 Å². The van der Waals surface area contributed by atoms with Gasteiger partial charge in [-0.3, -0.25) is 4.79 Å². The fourth-order valence-corrected chi connectivity index (χ4v) is 4.02. The molecule has 2 unspecified atom stereocenters. The zero-order valence-electron chi connectivity index (χ0n) is 14.8. The lowest BCUT2D eigenvalue weighted by Crippen LogP contribution is -2.50. The van der Waals surface area contributed by atoms with Gasteiger partial charge in [-0.25, -0.2) is 9.37 Å². The van der Waals surface area contributed by atoms with Crippen LogP contribution in [0.5, 0.6) is 0 Å². The number of piperidine rings is 1. The van der Waals surface area contributed by atoms with E-state index in [0.29, 0.717) is 18.8 Å². The minimum absolute atomic E-state index is 0.00973. The van der Waals surface area contributed by atoms with Crippen LogP contribution < -0.4 is 5.32 Å². The van der Waals surface area contributed by atoms with E-state index in [1.807, 2.05) is 34.8 Å². The predicted molar refractivity (Wildman–Crippen MR) is 95.5 cm³/mol. The first kappa shape index (κ1) is 17.0. The molecule has 26 heavy (non-hydrogen) atoms. The molecule has 138 valence electrons. The van der Waals surface area contributed by atoms with Crippen molar-refractivity contribution >= 4 is 11.7 Å². The molecule has 2 aromatic heterocycles. The van der Waals surface area contributed by atoms with E-state index in [-0.39, 0.29) is 29.2 Å². The molecule has 2 aromatic rings. The van der Waals surface area contributed by atoms with E-state index in [2.05, 4.69) is 10.3 Å². The number of likely N-dealkylation sites (tertiary alicyclic amines) is 1. The summed E-state index contributed by atoms with van der Waals surface area (Å²) >= 11 is 0. The Morgan fingerprint density at radius 1 is 1.42 bits per heavy atom. The minimum atomic E-state index is -0.363. The second-order valence-electron chi connectivity index (χ2n) is 7.21. The molecule has 0 saturated carbocycles. The van der Waals surface area contributed by atoms with Crippen LogP contribution in [-0.2, 0) is 11.8 Å². The fraction of sp³-hybridized carbons (Fsp3) is 0.474. The molecule has 0 radical (unpaired) electrons. The average molecular weight is 358 g/mol. The van der Waals surface area contributed by atoms with Crippen LogP contribution in [-0.4, -0.2) is 51.7 Å². The Kier molecular flexibility index (Phi) is 4.40. The molecule has 2 aliphatic rings. The molecule has 4 heterocycles. The van der Waals surface area contributed by atoms with Gasteiger partial charge in [0.15, 0.2) is 11.6 Å². The Morgan fingerprint density at radius 3 is 3.08 bits per heavy atom. The summed E-state index contributed by atoms with van der Waals surface area (Å²) in [6.07, 6.45) is 5.99. The number of anilines is 1. The number of aromatic nitrogens is 2. The second kappa shape index (κ2) is 6.72. The number of aryl methyl sites for hydroxylation is 1. The molecule has 2 saturated heterocycles. The molecular formula is C19H23FN4O2. The molecule has 0 bridgehead atoms. The molecule has 7 heteroatoms. The highest BCUT2D eigenvalue weighted by Gasteiger charge is 2.45. The standard InChI is InChI=1S/C19H23FN4O2/c1-23-9-3-6-16(23)18(25)24-10-4-7-19(13-24)11-14(12-26-19)22-17-15(20)5-2-8-21-17/h2-3,5-6,8-9,14H,4,7,10-13H2,1H3,(H,21,22). The zero-order valence-corrected chi connectivity index (χ0v) is 14.8. The summed E-state index contributed by atoms with van der Waals surface area (Å²) < 4.78 is 21.8. The lowest BCUT2D eigenvalue weighted by molar-refractivity contribution is -0.0449. The van der Waals surface area contributed by atoms with Gasteiger partial charge in [0.2, 0.25) is 0 Å². The number of carbonyl (C=O) groups excluding carboxylic acids is 1. The Labute approximate surface area is 152 Å². The molecular weight excluding hydrogens is 335 g/mol. The summed E-state index contributed by atoms with van der Waals surface area (Å²) in [6, 6.07) is 6.67. The fourth-order valence-electron chi connectivity index (χ4n) is 4.02. The van der Waals surface area contributed by atoms with Crippen LogP contribution in [0.25, 0.3) is 0 Å². The highest BCUT2D eigenvalue weighted by molar-refractivity contribution is 5.92. The summed E-state index contributed by atoms with van der Waals surface area (Å²) in [5, 5.41) is 3.14. The van der Waals surface area contributed by atoms with Crippen molar-refractivity contribution in [1.82, 2.24) is 14.5 Å². The van der Waals surface area contributed by atoms with Gasteiger partial charge in [0.05, 0.1) is 24.8 Å². The maximum Gasteiger partial charge on any atom is 0.270 e. The van der Waals surface area contributed by atoms with Crippen molar-refractivity contribution in [2.24, 2.45) is 7.05 Å². The van der Waals surface area contributed by atoms with E-state index in [0.717, 1.165) is 25.8 Å². The smallest absolute Gasteiger partial charge is 0.270 e. The van der Waals surface area contributed by atoms with Gasteiger partial charge in [0, 0.05) is 32.4 Å². The molecule has 2 atom stereocenters. The normalized spacial score (nSPS) is 25.6. The van der Waals surface area contributed by atoms with Gasteiger partial charge >= 0.3 is 0 Å². The number of hydrogen-bond donors (Lipinski definition) is 1. The Hall–Kier alpha value is -2.41. The van der Waals surface area contributed by atoms with Crippen LogP contribution in [0.2, 0.25) is 0 Å². The third-order valence-corrected chi connectivity index (χ3v) is 5.30. The summed E-state index contributed by atoms with van der Waals surface area (Å²) in [5.74, 6) is -0.0735. The predicted octanol–water partition coefficient (Wildman–Crippen LogP) is 2.44. The van der Waals surface area contributed by atoms with Crippen molar-refractivity contribution < 1.29 is 13.9 Å². The average Bonchev–Trinajstić information content (AvgIpc) is 3.23. The molecule has 6 nitrogen and oxygen atoms in total. The number of hydrogen-bond acceptors (Lipinski definition) is 4. The summed E-state index contributed by atoms with van der Waals surface area (Å²) in [7, 11) is 1.88. The number of pyridine rings is 1. The van der Waals surface area contributed by atoms with Gasteiger partial charge in [-0.15, -0.1) is 0 Å². The third kappa shape index (κ3) is 3.19. The largest absolute Gasteiger partial charge is 0.371 e. The van der Waals surface area contributed by atoms with Crippen LogP contribution in [0.4, 0.5) is 10.2 Å². The SMILES string of the molecule is Cn1cccc1C(=O)N1CCCC2(CC(Nc3ncccc3F)CO2)C1. The second-order valence-corrected chi connectivity index (χ2v) is 7.21. The molecule has 1 amide bonds. The highest BCUT2D eigenvalue weighted by atomic mass is 19.1. The van der Waals surface area contributed by atoms with Crippen LogP contribution in [0, 0.1) is 5.82 Å². The molecule has 2 fully saturated rings. The van der Waals surface area contributed by atoms with E-state index >= 15 is 0 Å². The number of ether oxygens (including phenoxy) is 1. The minimum Gasteiger partial charge on any atom is -0.371 e. The first-order valence-corrected chi connectivity index (χ1v) is 8.98. The van der Waals surface area contributed by atoms with Crippen LogP contribution in [0.3, 0.4) is 0 Å². The molecule has 1 spiro atoms. The summed E-state index contributed by atoms with van der Waals surface area (Å²) in [6.45, 7) is 1.80. The highest BCUT2D eigenvalue weighted by Crippen LogP contribution is 2.36. The molecule has 0 aliphatic carbocycles. The Morgan fingerprint density at radius 2 is 2.31 bits per heavy atom. The topological polar surface area (TPSA) is 59.4 Å². The van der Waals surface area contributed by atoms with Crippen LogP contribution >= 0.6 is 0 Å². The van der Waals surface area contributed by atoms with E-state index in [1.165, 1.54) is 6.07 Å². The van der Waals surface area contributed by atoms with Gasteiger partial charge in [0.1, 0.15) is 5.69 Å². The van der Waals surface area contributed by atoms with E-state index in [4.69, 9.17) is 4.74 Å². The number of rotatable bonds is 3. The zero-order chi connectivity index (χ0) is 18.1. The van der Waals surface area contributed by atoms with E-state index in [9.17, 15) is 9.18 Å². The summed E-state index contributed by atoms with van der Waals surface area (Å²) in [4.78, 5) is 18.7. The Balaban J connectivity index is 1.43. The van der Waals surface area contributed by atoms with Crippen molar-refractivity contribution in [2.75, 3.05) is 25.0 Å². The van der Waals surface area contributed by atoms with E-state index < -0.39 is 0 Å². The molecule has 2 aliphatic heterocycles. The summed E-state index contributed by atoms with van der Waals surface area (Å²) in [5.41, 5.74) is 0.326.